The molecule has 4 bridgehead atoms. The number of fused-ring (bicyclic) bond motifs is 1. The van der Waals surface area contributed by atoms with Gasteiger partial charge in [0.05, 0.1) is 17.3 Å². The Morgan fingerprint density at radius 3 is 2.82 bits per heavy atom. The van der Waals surface area contributed by atoms with Crippen LogP contribution in [-0.4, -0.2) is 46.7 Å². The highest BCUT2D eigenvalue weighted by Crippen LogP contribution is 2.43. The average Bonchev–Trinajstić information content (AvgIpc) is 2.98. The summed E-state index contributed by atoms with van der Waals surface area (Å²) in [5.74, 6) is 2.19. The van der Waals surface area contributed by atoms with Crippen LogP contribution in [0, 0.1) is 17.8 Å². The van der Waals surface area contributed by atoms with Crippen molar-refractivity contribution < 1.29 is 4.79 Å². The maximum absolute atomic E-state index is 12.8. The summed E-state index contributed by atoms with van der Waals surface area (Å²) >= 11 is 0. The highest BCUT2D eigenvalue weighted by Gasteiger charge is 2.47. The predicted octanol–water partition coefficient (Wildman–Crippen LogP) is 1.63. The third-order valence-corrected chi connectivity index (χ3v) is 5.82. The molecular formula is C17H20N4O. The lowest BCUT2D eigenvalue weighted by atomic mass is 9.65. The molecule has 2 N–H and O–H groups in total. The van der Waals surface area contributed by atoms with Gasteiger partial charge in [-0.3, -0.25) is 9.89 Å². The number of aromatic nitrogens is 2. The second-order valence-corrected chi connectivity index (χ2v) is 7.21. The van der Waals surface area contributed by atoms with Gasteiger partial charge in [0.25, 0.3) is 5.91 Å². The first-order valence-electron chi connectivity index (χ1n) is 8.23. The first kappa shape index (κ1) is 12.6. The van der Waals surface area contributed by atoms with Crippen molar-refractivity contribution in [2.45, 2.75) is 18.9 Å². The number of carbonyl (C=O) groups excluding carboxylic acids is 1. The van der Waals surface area contributed by atoms with Crippen molar-refractivity contribution >= 4 is 16.8 Å². The zero-order valence-electron chi connectivity index (χ0n) is 12.5. The molecule has 0 spiro atoms. The maximum atomic E-state index is 12.8. The largest absolute Gasteiger partial charge is 0.349 e. The number of aromatic amines is 1. The van der Waals surface area contributed by atoms with Crippen LogP contribution in [0.4, 0.5) is 0 Å². The van der Waals surface area contributed by atoms with E-state index < -0.39 is 0 Å². The second-order valence-electron chi connectivity index (χ2n) is 7.21. The Bertz CT molecular complexity index is 709. The first-order chi connectivity index (χ1) is 10.8. The van der Waals surface area contributed by atoms with Gasteiger partial charge in [0.2, 0.25) is 0 Å². The van der Waals surface area contributed by atoms with Gasteiger partial charge in [-0.1, -0.05) is 6.07 Å². The lowest BCUT2D eigenvalue weighted by Gasteiger charge is -2.55. The number of H-pyrrole nitrogens is 1. The van der Waals surface area contributed by atoms with Crippen molar-refractivity contribution in [2.24, 2.45) is 17.8 Å². The summed E-state index contributed by atoms with van der Waals surface area (Å²) in [5.41, 5.74) is 1.66. The van der Waals surface area contributed by atoms with Gasteiger partial charge in [-0.15, -0.1) is 0 Å². The molecule has 4 fully saturated rings. The molecule has 1 aromatic carbocycles. The van der Waals surface area contributed by atoms with E-state index in [1.54, 1.807) is 6.20 Å². The van der Waals surface area contributed by atoms with Crippen LogP contribution >= 0.6 is 0 Å². The summed E-state index contributed by atoms with van der Waals surface area (Å²) < 4.78 is 0. The Labute approximate surface area is 129 Å². The maximum Gasteiger partial charge on any atom is 0.252 e. The van der Waals surface area contributed by atoms with Crippen LogP contribution in [-0.2, 0) is 0 Å². The zero-order valence-corrected chi connectivity index (χ0v) is 12.5. The van der Waals surface area contributed by atoms with Crippen molar-refractivity contribution in [1.29, 1.82) is 0 Å². The van der Waals surface area contributed by atoms with Gasteiger partial charge in [-0.2, -0.15) is 5.10 Å². The van der Waals surface area contributed by atoms with E-state index in [1.807, 2.05) is 18.2 Å². The minimum Gasteiger partial charge on any atom is -0.349 e. The minimum atomic E-state index is 0.0551. The van der Waals surface area contributed by atoms with Crippen LogP contribution in [0.5, 0.6) is 0 Å². The van der Waals surface area contributed by atoms with Gasteiger partial charge in [0.1, 0.15) is 0 Å². The lowest BCUT2D eigenvalue weighted by molar-refractivity contribution is -0.0418. The molecule has 2 aromatic rings. The number of benzene rings is 1. The first-order valence-corrected chi connectivity index (χ1v) is 8.23. The van der Waals surface area contributed by atoms with Crippen molar-refractivity contribution in [3.8, 4) is 0 Å². The number of hydrogen-bond donors (Lipinski definition) is 2. The molecule has 1 saturated carbocycles. The molecule has 3 saturated heterocycles. The van der Waals surface area contributed by atoms with Gasteiger partial charge in [-0.05, 0) is 42.7 Å². The van der Waals surface area contributed by atoms with Crippen LogP contribution in [0.3, 0.4) is 0 Å². The summed E-state index contributed by atoms with van der Waals surface area (Å²) in [6.07, 6.45) is 4.31. The summed E-state index contributed by atoms with van der Waals surface area (Å²) in [4.78, 5) is 15.4. The fraction of sp³-hybridized carbons (Fsp3) is 0.529. The van der Waals surface area contributed by atoms with E-state index in [-0.39, 0.29) is 5.91 Å². The molecule has 5 nitrogen and oxygen atoms in total. The average molecular weight is 296 g/mol. The number of carbonyl (C=O) groups is 1. The number of hydrogen-bond acceptors (Lipinski definition) is 3. The normalized spacial score (nSPS) is 35.9. The van der Waals surface area contributed by atoms with Crippen molar-refractivity contribution in [3.05, 3.63) is 30.0 Å². The third kappa shape index (κ3) is 1.81. The quantitative estimate of drug-likeness (QED) is 0.885. The van der Waals surface area contributed by atoms with Gasteiger partial charge < -0.3 is 10.2 Å². The Kier molecular flexibility index (Phi) is 2.62. The van der Waals surface area contributed by atoms with Crippen LogP contribution in [0.2, 0.25) is 0 Å². The van der Waals surface area contributed by atoms with E-state index in [9.17, 15) is 4.79 Å². The number of piperidine rings is 3. The summed E-state index contributed by atoms with van der Waals surface area (Å²) in [5, 5.41) is 11.2. The molecule has 5 heteroatoms. The summed E-state index contributed by atoms with van der Waals surface area (Å²) in [6, 6.07) is 6.11. The van der Waals surface area contributed by atoms with E-state index in [0.29, 0.717) is 17.9 Å². The molecule has 3 aliphatic heterocycles. The molecule has 4 aliphatic rings. The highest BCUT2D eigenvalue weighted by molar-refractivity contribution is 6.06. The van der Waals surface area contributed by atoms with E-state index in [0.717, 1.165) is 35.5 Å². The summed E-state index contributed by atoms with van der Waals surface area (Å²) in [7, 11) is 0. The van der Waals surface area contributed by atoms with Crippen LogP contribution < -0.4 is 5.32 Å². The monoisotopic (exact) mass is 296 g/mol. The van der Waals surface area contributed by atoms with E-state index in [1.165, 1.54) is 19.4 Å². The molecular weight excluding hydrogens is 276 g/mol. The SMILES string of the molecule is O=C(NC1[C@@H]2CC3C[C@@H]1CN(C3)C2)c1cccc2[nH]ncc12. The van der Waals surface area contributed by atoms with Crippen LogP contribution in [0.1, 0.15) is 23.2 Å². The van der Waals surface area contributed by atoms with Gasteiger partial charge >= 0.3 is 0 Å². The molecule has 6 rings (SSSR count). The Morgan fingerprint density at radius 2 is 2.05 bits per heavy atom. The predicted molar refractivity (Wildman–Crippen MR) is 83.5 cm³/mol. The molecule has 114 valence electrons. The Hall–Kier alpha value is -1.88. The number of amides is 1. The molecule has 4 heterocycles. The van der Waals surface area contributed by atoms with Crippen molar-refractivity contribution in [1.82, 2.24) is 20.4 Å². The zero-order chi connectivity index (χ0) is 14.7. The standard InChI is InChI=1S/C17H20N4O/c22-17(13-2-1-3-15-14(13)6-18-20-15)19-16-11-4-10-5-12(16)9-21(7-10)8-11/h1-3,6,10-12,16H,4-5,7-9H2,(H,18,20)(H,19,22)/t10?,11-,12-,16?/m1/s1. The van der Waals surface area contributed by atoms with Crippen LogP contribution in [0.25, 0.3) is 10.9 Å². The van der Waals surface area contributed by atoms with Crippen molar-refractivity contribution in [3.63, 3.8) is 0 Å². The molecule has 1 amide bonds. The second kappa shape index (κ2) is 4.56. The summed E-state index contributed by atoms with van der Waals surface area (Å²) in [6.45, 7) is 3.60. The molecule has 1 aliphatic carbocycles. The minimum absolute atomic E-state index is 0.0551. The highest BCUT2D eigenvalue weighted by atomic mass is 16.1. The van der Waals surface area contributed by atoms with E-state index >= 15 is 0 Å². The molecule has 0 unspecified atom stereocenters. The fourth-order valence-corrected chi connectivity index (χ4v) is 5.04. The molecule has 1 aromatic heterocycles. The van der Waals surface area contributed by atoms with Gasteiger partial charge in [0.15, 0.2) is 0 Å². The molecule has 0 radical (unpaired) electrons. The Balaban J connectivity index is 1.42. The van der Waals surface area contributed by atoms with Crippen molar-refractivity contribution in [2.75, 3.05) is 19.6 Å². The number of nitrogens with zero attached hydrogens (tertiary/aromatic N) is 2. The molecule has 22 heavy (non-hydrogen) atoms. The van der Waals surface area contributed by atoms with E-state index in [2.05, 4.69) is 20.4 Å². The van der Waals surface area contributed by atoms with E-state index in [4.69, 9.17) is 0 Å². The number of nitrogens with one attached hydrogen (secondary N) is 2. The lowest BCUT2D eigenvalue weighted by Crippen LogP contribution is -2.64. The molecule has 2 atom stereocenters. The van der Waals surface area contributed by atoms with Gasteiger partial charge in [-0.25, -0.2) is 0 Å². The number of rotatable bonds is 2. The Morgan fingerprint density at radius 1 is 1.23 bits per heavy atom. The fourth-order valence-electron chi connectivity index (χ4n) is 5.04. The third-order valence-electron chi connectivity index (χ3n) is 5.82. The van der Waals surface area contributed by atoms with Crippen LogP contribution in [0.15, 0.2) is 24.4 Å². The topological polar surface area (TPSA) is 61.0 Å². The van der Waals surface area contributed by atoms with Gasteiger partial charge in [0, 0.05) is 31.1 Å². The smallest absolute Gasteiger partial charge is 0.252 e.